The third-order valence-electron chi connectivity index (χ3n) is 18.8. The highest BCUT2D eigenvalue weighted by molar-refractivity contribution is 5.80. The minimum Gasteiger partial charge on any atom is -0.394 e. The van der Waals surface area contributed by atoms with E-state index in [0.29, 0.717) is 12.8 Å². The number of hydrogen-bond donors (Lipinski definition) is 8. The molecule has 1 saturated heterocycles. The number of amides is 1. The Hall–Kier alpha value is -1.15. The molecule has 1 aliphatic rings. The normalized spacial score (nSPS) is 18.7. The standard InChI is InChI=1S/C75H147NO10/c1-3-5-7-9-11-13-15-17-19-21-23-25-27-29-31-33-35-36-38-40-42-44-46-48-50-52-54-56-58-60-62-67(78)70(80)66(65-85-75-73(83)72(82)71(81)69(64-77)86-75)76-74(84)68(79)63-61-59-57-55-53-51-49-47-45-43-41-39-37-34-32-30-28-26-24-22-20-18-16-14-12-10-8-6-4-2/h54,56,66-73,75,77-83H,3-53,55,57-65H2,1-2H3,(H,76,84)/b56-54+. The highest BCUT2D eigenvalue weighted by Gasteiger charge is 2.44. The van der Waals surface area contributed by atoms with Crippen LogP contribution in [0.4, 0.5) is 0 Å². The summed E-state index contributed by atoms with van der Waals surface area (Å²) < 4.78 is 11.2. The first-order valence-electron chi connectivity index (χ1n) is 38.1. The summed E-state index contributed by atoms with van der Waals surface area (Å²) in [6.45, 7) is 3.52. The van der Waals surface area contributed by atoms with Gasteiger partial charge in [-0.3, -0.25) is 4.79 Å². The fraction of sp³-hybridized carbons (Fsp3) is 0.960. The molecule has 1 fully saturated rings. The van der Waals surface area contributed by atoms with Crippen LogP contribution in [0.2, 0.25) is 0 Å². The first-order chi connectivity index (χ1) is 42.2. The van der Waals surface area contributed by atoms with Crippen LogP contribution in [0.15, 0.2) is 12.2 Å². The number of aliphatic hydroxyl groups is 7. The summed E-state index contributed by atoms with van der Waals surface area (Å²) in [5.74, 6) is -0.697. The van der Waals surface area contributed by atoms with Crippen LogP contribution in [0, 0.1) is 0 Å². The lowest BCUT2D eigenvalue weighted by Gasteiger charge is -2.40. The maximum absolute atomic E-state index is 13.3. The molecule has 8 N–H and O–H groups in total. The first kappa shape index (κ1) is 82.9. The monoisotopic (exact) mass is 1220 g/mol. The Morgan fingerprint density at radius 2 is 0.686 bits per heavy atom. The number of ether oxygens (including phenoxy) is 2. The lowest BCUT2D eigenvalue weighted by atomic mass is 9.98. The minimum absolute atomic E-state index is 0.260. The van der Waals surface area contributed by atoms with E-state index in [0.717, 1.165) is 32.1 Å². The highest BCUT2D eigenvalue weighted by Crippen LogP contribution is 2.24. The van der Waals surface area contributed by atoms with Crippen molar-refractivity contribution in [3.8, 4) is 0 Å². The second-order valence-corrected chi connectivity index (χ2v) is 27.1. The number of unbranched alkanes of at least 4 members (excludes halogenated alkanes) is 54. The largest absolute Gasteiger partial charge is 0.394 e. The van der Waals surface area contributed by atoms with Crippen LogP contribution in [-0.2, 0) is 14.3 Å². The number of aliphatic hydroxyl groups excluding tert-OH is 7. The van der Waals surface area contributed by atoms with Crippen molar-refractivity contribution in [1.29, 1.82) is 0 Å². The van der Waals surface area contributed by atoms with Gasteiger partial charge >= 0.3 is 0 Å². The molecule has 0 saturated carbocycles. The van der Waals surface area contributed by atoms with E-state index in [1.165, 1.54) is 321 Å². The maximum Gasteiger partial charge on any atom is 0.249 e. The van der Waals surface area contributed by atoms with Crippen molar-refractivity contribution in [2.75, 3.05) is 13.2 Å². The highest BCUT2D eigenvalue weighted by atomic mass is 16.7. The Balaban J connectivity index is 2.16. The van der Waals surface area contributed by atoms with Crippen LogP contribution in [0.25, 0.3) is 0 Å². The Labute approximate surface area is 532 Å². The van der Waals surface area contributed by atoms with Gasteiger partial charge in [0.25, 0.3) is 0 Å². The van der Waals surface area contributed by atoms with E-state index in [9.17, 15) is 40.5 Å². The van der Waals surface area contributed by atoms with Gasteiger partial charge in [-0.15, -0.1) is 0 Å². The number of carbonyl (C=O) groups is 1. The molecular formula is C75H147NO10. The van der Waals surface area contributed by atoms with E-state index in [-0.39, 0.29) is 12.8 Å². The predicted octanol–water partition coefficient (Wildman–Crippen LogP) is 19.0. The van der Waals surface area contributed by atoms with Gasteiger partial charge in [0, 0.05) is 0 Å². The molecule has 1 rings (SSSR count). The minimum atomic E-state index is -1.67. The van der Waals surface area contributed by atoms with Crippen molar-refractivity contribution in [3.05, 3.63) is 12.2 Å². The third-order valence-corrected chi connectivity index (χ3v) is 18.8. The molecule has 0 aromatic heterocycles. The van der Waals surface area contributed by atoms with Crippen molar-refractivity contribution in [1.82, 2.24) is 5.32 Å². The summed E-state index contributed by atoms with van der Waals surface area (Å²) in [4.78, 5) is 13.3. The Morgan fingerprint density at radius 3 is 1.00 bits per heavy atom. The van der Waals surface area contributed by atoms with Crippen molar-refractivity contribution in [3.63, 3.8) is 0 Å². The summed E-state index contributed by atoms with van der Waals surface area (Å²) in [5.41, 5.74) is 0. The van der Waals surface area contributed by atoms with Gasteiger partial charge in [0.1, 0.15) is 36.6 Å². The van der Waals surface area contributed by atoms with Crippen LogP contribution in [-0.4, -0.2) is 110 Å². The molecule has 9 unspecified atom stereocenters. The molecule has 9 atom stereocenters. The number of allylic oxidation sites excluding steroid dienone is 2. The second-order valence-electron chi connectivity index (χ2n) is 27.1. The number of nitrogens with one attached hydrogen (secondary N) is 1. The lowest BCUT2D eigenvalue weighted by Crippen LogP contribution is -2.60. The van der Waals surface area contributed by atoms with Gasteiger partial charge in [0.15, 0.2) is 6.29 Å². The summed E-state index contributed by atoms with van der Waals surface area (Å²) in [6.07, 6.45) is 68.9. The van der Waals surface area contributed by atoms with Gasteiger partial charge in [-0.2, -0.15) is 0 Å². The molecule has 0 aromatic carbocycles. The van der Waals surface area contributed by atoms with Crippen LogP contribution in [0.3, 0.4) is 0 Å². The zero-order valence-electron chi connectivity index (χ0n) is 56.8. The molecule has 512 valence electrons. The first-order valence-corrected chi connectivity index (χ1v) is 38.1. The zero-order valence-corrected chi connectivity index (χ0v) is 56.8. The van der Waals surface area contributed by atoms with Gasteiger partial charge < -0.3 is 50.5 Å². The molecule has 1 aliphatic heterocycles. The smallest absolute Gasteiger partial charge is 0.249 e. The molecule has 86 heavy (non-hydrogen) atoms. The predicted molar refractivity (Wildman–Crippen MR) is 363 cm³/mol. The molecular weight excluding hydrogens is 1070 g/mol. The number of carbonyl (C=O) groups excluding carboxylic acids is 1. The molecule has 0 bridgehead atoms. The van der Waals surface area contributed by atoms with Crippen molar-refractivity contribution in [2.24, 2.45) is 0 Å². The van der Waals surface area contributed by atoms with Crippen LogP contribution >= 0.6 is 0 Å². The number of hydrogen-bond acceptors (Lipinski definition) is 10. The molecule has 11 heteroatoms. The maximum atomic E-state index is 13.3. The molecule has 0 spiro atoms. The average molecular weight is 1220 g/mol. The van der Waals surface area contributed by atoms with Crippen LogP contribution in [0.5, 0.6) is 0 Å². The van der Waals surface area contributed by atoms with E-state index in [4.69, 9.17) is 9.47 Å². The fourth-order valence-electron chi connectivity index (χ4n) is 12.7. The van der Waals surface area contributed by atoms with Crippen molar-refractivity contribution >= 4 is 5.91 Å². The van der Waals surface area contributed by atoms with Crippen molar-refractivity contribution in [2.45, 2.75) is 448 Å². The molecule has 11 nitrogen and oxygen atoms in total. The van der Waals surface area contributed by atoms with Crippen LogP contribution in [0.1, 0.15) is 393 Å². The van der Waals surface area contributed by atoms with Gasteiger partial charge in [-0.05, 0) is 38.5 Å². The van der Waals surface area contributed by atoms with E-state index in [2.05, 4.69) is 31.3 Å². The topological polar surface area (TPSA) is 189 Å². The molecule has 0 aliphatic carbocycles. The molecule has 1 heterocycles. The van der Waals surface area contributed by atoms with E-state index in [1.807, 2.05) is 0 Å². The van der Waals surface area contributed by atoms with Crippen molar-refractivity contribution < 1.29 is 50.0 Å². The molecule has 0 radical (unpaired) electrons. The summed E-state index contributed by atoms with van der Waals surface area (Å²) in [7, 11) is 0. The Morgan fingerprint density at radius 1 is 0.395 bits per heavy atom. The SMILES string of the molecule is CCCCCCCCCCCCCCCCCCCCCCCCCCC/C=C/CCCC(O)C(O)C(COC1OC(CO)C(O)C(O)C1O)NC(=O)C(O)CCCCCCCCCCCCCCCCCCCCCCCCCCCCCCC. The average Bonchev–Trinajstić information content (AvgIpc) is 3.30. The Bertz CT molecular complexity index is 1400. The van der Waals surface area contributed by atoms with Gasteiger partial charge in [-0.25, -0.2) is 0 Å². The molecule has 1 amide bonds. The summed E-state index contributed by atoms with van der Waals surface area (Å²) >= 11 is 0. The fourth-order valence-corrected chi connectivity index (χ4v) is 12.7. The lowest BCUT2D eigenvalue weighted by molar-refractivity contribution is -0.303. The van der Waals surface area contributed by atoms with Gasteiger partial charge in [0.2, 0.25) is 5.91 Å². The zero-order chi connectivity index (χ0) is 62.4. The third kappa shape index (κ3) is 50.5. The quantitative estimate of drug-likeness (QED) is 0.0215. The van der Waals surface area contributed by atoms with E-state index < -0.39 is 74.2 Å². The second kappa shape index (κ2) is 64.0. The number of rotatable bonds is 68. The van der Waals surface area contributed by atoms with E-state index in [1.54, 1.807) is 0 Å². The molecule has 0 aromatic rings. The summed E-state index contributed by atoms with van der Waals surface area (Å²) in [5, 5.41) is 76.6. The summed E-state index contributed by atoms with van der Waals surface area (Å²) in [6, 6.07) is -1.18. The Kier molecular flexibility index (Phi) is 61.6. The van der Waals surface area contributed by atoms with E-state index >= 15 is 0 Å². The van der Waals surface area contributed by atoms with Gasteiger partial charge in [-0.1, -0.05) is 366 Å². The van der Waals surface area contributed by atoms with Gasteiger partial charge in [0.05, 0.1) is 25.4 Å². The van der Waals surface area contributed by atoms with Crippen LogP contribution < -0.4 is 5.32 Å².